The Bertz CT molecular complexity index is 674. The molecule has 1 heterocycles. The molecule has 1 aromatic carbocycles. The van der Waals surface area contributed by atoms with E-state index in [9.17, 15) is 4.79 Å². The zero-order valence-corrected chi connectivity index (χ0v) is 14.4. The summed E-state index contributed by atoms with van der Waals surface area (Å²) in [4.78, 5) is 11.9. The van der Waals surface area contributed by atoms with Crippen LogP contribution >= 0.6 is 11.8 Å². The fourth-order valence-electron chi connectivity index (χ4n) is 2.02. The van der Waals surface area contributed by atoms with Crippen LogP contribution in [0, 0.1) is 13.8 Å². The third-order valence-electron chi connectivity index (χ3n) is 2.89. The highest BCUT2D eigenvalue weighted by atomic mass is 32.2. The van der Waals surface area contributed by atoms with Crippen molar-refractivity contribution < 1.29 is 9.53 Å². The quantitative estimate of drug-likeness (QED) is 0.639. The molecule has 0 atom stereocenters. The maximum atomic E-state index is 11.9. The first-order valence-electron chi connectivity index (χ1n) is 7.10. The van der Waals surface area contributed by atoms with Crippen molar-refractivity contribution in [1.82, 2.24) is 14.8 Å². The summed E-state index contributed by atoms with van der Waals surface area (Å²) in [6.07, 6.45) is 0. The highest BCUT2D eigenvalue weighted by Gasteiger charge is 2.19. The first-order chi connectivity index (χ1) is 10.3. The van der Waals surface area contributed by atoms with E-state index in [0.717, 1.165) is 17.1 Å². The molecule has 0 unspecified atom stereocenters. The summed E-state index contributed by atoms with van der Waals surface area (Å²) in [5.74, 6) is 0.747. The lowest BCUT2D eigenvalue weighted by Gasteiger charge is -2.19. The average molecular weight is 319 g/mol. The zero-order valence-electron chi connectivity index (χ0n) is 13.6. The Hall–Kier alpha value is -1.82. The Morgan fingerprint density at radius 1 is 1.23 bits per heavy atom. The molecule has 0 amide bonds. The van der Waals surface area contributed by atoms with Crippen LogP contribution in [0.5, 0.6) is 0 Å². The van der Waals surface area contributed by atoms with E-state index < -0.39 is 5.60 Å². The molecule has 0 aliphatic heterocycles. The lowest BCUT2D eigenvalue weighted by molar-refractivity contribution is -0.151. The monoisotopic (exact) mass is 319 g/mol. The van der Waals surface area contributed by atoms with Crippen molar-refractivity contribution >= 4 is 17.7 Å². The van der Waals surface area contributed by atoms with Crippen LogP contribution in [0.15, 0.2) is 29.4 Å². The van der Waals surface area contributed by atoms with Crippen molar-refractivity contribution in [2.24, 2.45) is 0 Å². The lowest BCUT2D eigenvalue weighted by atomic mass is 10.2. The summed E-state index contributed by atoms with van der Waals surface area (Å²) in [6, 6.07) is 8.02. The number of esters is 1. The molecule has 0 aliphatic rings. The van der Waals surface area contributed by atoms with Crippen LogP contribution < -0.4 is 0 Å². The van der Waals surface area contributed by atoms with Gasteiger partial charge in [0, 0.05) is 0 Å². The Balaban J connectivity index is 2.17. The molecular formula is C16H21N3O2S. The van der Waals surface area contributed by atoms with Gasteiger partial charge >= 0.3 is 5.97 Å². The number of aryl methyl sites for hydroxylation is 2. The van der Waals surface area contributed by atoms with Gasteiger partial charge < -0.3 is 4.74 Å². The number of aromatic nitrogens is 3. The highest BCUT2D eigenvalue weighted by molar-refractivity contribution is 7.99. The van der Waals surface area contributed by atoms with E-state index >= 15 is 0 Å². The third-order valence-corrected chi connectivity index (χ3v) is 3.79. The highest BCUT2D eigenvalue weighted by Crippen LogP contribution is 2.24. The minimum Gasteiger partial charge on any atom is -0.459 e. The van der Waals surface area contributed by atoms with Gasteiger partial charge in [0.2, 0.25) is 0 Å². The van der Waals surface area contributed by atoms with Crippen molar-refractivity contribution in [1.29, 1.82) is 0 Å². The first kappa shape index (κ1) is 16.5. The minimum absolute atomic E-state index is 0.210. The summed E-state index contributed by atoms with van der Waals surface area (Å²) >= 11 is 1.34. The largest absolute Gasteiger partial charge is 0.459 e. The summed E-state index contributed by atoms with van der Waals surface area (Å²) < 4.78 is 7.28. The Morgan fingerprint density at radius 3 is 2.55 bits per heavy atom. The summed E-state index contributed by atoms with van der Waals surface area (Å²) in [6.45, 7) is 9.51. The van der Waals surface area contributed by atoms with Gasteiger partial charge in [-0.1, -0.05) is 30.0 Å². The molecule has 22 heavy (non-hydrogen) atoms. The van der Waals surface area contributed by atoms with Crippen molar-refractivity contribution in [3.63, 3.8) is 0 Å². The minimum atomic E-state index is -0.475. The number of ether oxygens (including phenoxy) is 1. The van der Waals surface area contributed by atoms with Crippen LogP contribution in [0.3, 0.4) is 0 Å². The fourth-order valence-corrected chi connectivity index (χ4v) is 2.79. The second-order valence-corrected chi connectivity index (χ2v) is 6.97. The molecule has 0 fully saturated rings. The predicted molar refractivity (Wildman–Crippen MR) is 87.4 cm³/mol. The van der Waals surface area contributed by atoms with Crippen LogP contribution in [0.4, 0.5) is 0 Å². The lowest BCUT2D eigenvalue weighted by Crippen LogP contribution is -2.25. The van der Waals surface area contributed by atoms with Crippen molar-refractivity contribution in [3.05, 3.63) is 35.7 Å². The Morgan fingerprint density at radius 2 is 1.91 bits per heavy atom. The molecule has 6 heteroatoms. The van der Waals surface area contributed by atoms with Crippen LogP contribution in [0.25, 0.3) is 5.69 Å². The van der Waals surface area contributed by atoms with Gasteiger partial charge in [-0.2, -0.15) is 0 Å². The molecule has 0 saturated carbocycles. The standard InChI is InChI=1S/C16H21N3O2S/c1-11-8-6-7-9-13(11)19-12(2)17-18-15(19)22-10-14(20)21-16(3,4)5/h6-9H,10H2,1-5H3. The van der Waals surface area contributed by atoms with E-state index in [0.29, 0.717) is 5.16 Å². The van der Waals surface area contributed by atoms with Crippen molar-refractivity contribution in [3.8, 4) is 5.69 Å². The van der Waals surface area contributed by atoms with Gasteiger partial charge in [0.25, 0.3) is 0 Å². The second kappa shape index (κ2) is 6.52. The van der Waals surface area contributed by atoms with Gasteiger partial charge in [-0.05, 0) is 46.2 Å². The maximum absolute atomic E-state index is 11.9. The van der Waals surface area contributed by atoms with Crippen LogP contribution in [0.1, 0.15) is 32.2 Å². The summed E-state index contributed by atoms with van der Waals surface area (Å²) in [5.41, 5.74) is 1.68. The molecule has 1 aromatic heterocycles. The van der Waals surface area contributed by atoms with Gasteiger partial charge in [0.05, 0.1) is 11.4 Å². The van der Waals surface area contributed by atoms with Gasteiger partial charge in [-0.25, -0.2) is 0 Å². The summed E-state index contributed by atoms with van der Waals surface area (Å²) in [7, 11) is 0. The number of thioether (sulfide) groups is 1. The van der Waals surface area contributed by atoms with E-state index in [-0.39, 0.29) is 11.7 Å². The average Bonchev–Trinajstić information content (AvgIpc) is 2.76. The van der Waals surface area contributed by atoms with E-state index in [1.165, 1.54) is 11.8 Å². The van der Waals surface area contributed by atoms with Crippen LogP contribution in [-0.4, -0.2) is 32.1 Å². The normalized spacial score (nSPS) is 11.5. The molecule has 0 aliphatic carbocycles. The van der Waals surface area contributed by atoms with E-state index in [2.05, 4.69) is 10.2 Å². The van der Waals surface area contributed by atoms with Gasteiger partial charge in [-0.3, -0.25) is 9.36 Å². The molecule has 0 radical (unpaired) electrons. The SMILES string of the molecule is Cc1ccccc1-n1c(C)nnc1SCC(=O)OC(C)(C)C. The molecular weight excluding hydrogens is 298 g/mol. The predicted octanol–water partition coefficient (Wildman–Crippen LogP) is 3.32. The number of hydrogen-bond acceptors (Lipinski definition) is 5. The number of nitrogens with zero attached hydrogens (tertiary/aromatic N) is 3. The Kier molecular flexibility index (Phi) is 4.90. The van der Waals surface area contributed by atoms with Crippen LogP contribution in [0.2, 0.25) is 0 Å². The second-order valence-electron chi connectivity index (χ2n) is 6.03. The molecule has 118 valence electrons. The zero-order chi connectivity index (χ0) is 16.3. The topological polar surface area (TPSA) is 57.0 Å². The van der Waals surface area contributed by atoms with E-state index in [4.69, 9.17) is 4.74 Å². The smallest absolute Gasteiger partial charge is 0.316 e. The van der Waals surface area contributed by atoms with Crippen molar-refractivity contribution in [2.75, 3.05) is 5.75 Å². The van der Waals surface area contributed by atoms with E-state index in [1.807, 2.05) is 63.5 Å². The molecule has 5 nitrogen and oxygen atoms in total. The van der Waals surface area contributed by atoms with Gasteiger partial charge in [0.15, 0.2) is 5.16 Å². The number of carbonyl (C=O) groups excluding carboxylic acids is 1. The third kappa shape index (κ3) is 4.10. The Labute approximate surface area is 135 Å². The number of hydrogen-bond donors (Lipinski definition) is 0. The summed E-state index contributed by atoms with van der Waals surface area (Å²) in [5, 5.41) is 8.99. The van der Waals surface area contributed by atoms with Crippen molar-refractivity contribution in [2.45, 2.75) is 45.4 Å². The van der Waals surface area contributed by atoms with Gasteiger partial charge in [-0.15, -0.1) is 10.2 Å². The van der Waals surface area contributed by atoms with Crippen LogP contribution in [-0.2, 0) is 9.53 Å². The number of benzene rings is 1. The molecule has 0 spiro atoms. The maximum Gasteiger partial charge on any atom is 0.316 e. The molecule has 0 bridgehead atoms. The number of para-hydroxylation sites is 1. The molecule has 2 rings (SSSR count). The van der Waals surface area contributed by atoms with Gasteiger partial charge in [0.1, 0.15) is 11.4 Å². The first-order valence-corrected chi connectivity index (χ1v) is 8.09. The number of rotatable bonds is 4. The molecule has 2 aromatic rings. The molecule has 0 saturated heterocycles. The number of carbonyl (C=O) groups is 1. The fraction of sp³-hybridized carbons (Fsp3) is 0.438. The van der Waals surface area contributed by atoms with E-state index in [1.54, 1.807) is 0 Å². The molecule has 0 N–H and O–H groups in total.